The summed E-state index contributed by atoms with van der Waals surface area (Å²) in [5.74, 6) is 0.954. The van der Waals surface area contributed by atoms with E-state index in [1.807, 2.05) is 18.2 Å². The Hall–Kier alpha value is -1.80. The van der Waals surface area contributed by atoms with Gasteiger partial charge in [-0.3, -0.25) is 0 Å². The zero-order valence-corrected chi connectivity index (χ0v) is 15.5. The van der Waals surface area contributed by atoms with Crippen LogP contribution in [0.3, 0.4) is 0 Å². The molecule has 0 aromatic heterocycles. The van der Waals surface area contributed by atoms with Crippen LogP contribution in [-0.4, -0.2) is 24.0 Å². The van der Waals surface area contributed by atoms with Crippen molar-refractivity contribution >= 4 is 0 Å². The molecule has 2 aromatic rings. The van der Waals surface area contributed by atoms with E-state index in [-0.39, 0.29) is 0 Å². The van der Waals surface area contributed by atoms with Crippen molar-refractivity contribution in [3.05, 3.63) is 65.7 Å². The van der Waals surface area contributed by atoms with Crippen molar-refractivity contribution < 1.29 is 4.74 Å². The van der Waals surface area contributed by atoms with Crippen LogP contribution in [0.4, 0.5) is 0 Å². The Labute approximate surface area is 152 Å². The van der Waals surface area contributed by atoms with Gasteiger partial charge in [0, 0.05) is 6.04 Å². The van der Waals surface area contributed by atoms with Crippen molar-refractivity contribution in [2.45, 2.75) is 58.1 Å². The molecule has 25 heavy (non-hydrogen) atoms. The first-order valence-corrected chi connectivity index (χ1v) is 9.85. The van der Waals surface area contributed by atoms with Crippen molar-refractivity contribution in [2.75, 3.05) is 13.1 Å². The van der Waals surface area contributed by atoms with Gasteiger partial charge in [0.05, 0.1) is 0 Å². The van der Waals surface area contributed by atoms with Crippen LogP contribution < -0.4 is 4.74 Å². The number of aryl methyl sites for hydroxylation is 1. The van der Waals surface area contributed by atoms with E-state index in [4.69, 9.17) is 4.74 Å². The molecule has 1 aliphatic rings. The molecule has 3 rings (SSSR count). The largest absolute Gasteiger partial charge is 0.489 e. The summed E-state index contributed by atoms with van der Waals surface area (Å²) in [4.78, 5) is 2.71. The standard InChI is InChI=1S/C23H31NO/c1-2-22(24-17-7-4-8-18-24)14-11-20-12-15-23(16-13-20)25-19-21-9-5-3-6-10-21/h3,5-6,9-10,12-13,15-16,22H,2,4,7-8,11,14,17-19H2,1H3. The molecule has 1 heterocycles. The first kappa shape index (κ1) is 18.0. The Balaban J connectivity index is 1.46. The van der Waals surface area contributed by atoms with Crippen LogP contribution in [0.25, 0.3) is 0 Å². The van der Waals surface area contributed by atoms with E-state index in [0.717, 1.165) is 18.2 Å². The molecular formula is C23H31NO. The molecule has 0 radical (unpaired) electrons. The molecule has 2 nitrogen and oxygen atoms in total. The number of benzene rings is 2. The van der Waals surface area contributed by atoms with Gasteiger partial charge >= 0.3 is 0 Å². The number of piperidine rings is 1. The molecule has 0 aliphatic carbocycles. The fraction of sp³-hybridized carbons (Fsp3) is 0.478. The monoisotopic (exact) mass is 337 g/mol. The highest BCUT2D eigenvalue weighted by Crippen LogP contribution is 2.20. The average Bonchev–Trinajstić information content (AvgIpc) is 2.69. The van der Waals surface area contributed by atoms with Gasteiger partial charge in [0.25, 0.3) is 0 Å². The molecular weight excluding hydrogens is 306 g/mol. The molecule has 134 valence electrons. The van der Waals surface area contributed by atoms with E-state index in [2.05, 4.69) is 48.2 Å². The molecule has 0 amide bonds. The van der Waals surface area contributed by atoms with Crippen LogP contribution in [0, 0.1) is 0 Å². The van der Waals surface area contributed by atoms with Crippen LogP contribution >= 0.6 is 0 Å². The van der Waals surface area contributed by atoms with Crippen molar-refractivity contribution in [3.8, 4) is 5.75 Å². The maximum Gasteiger partial charge on any atom is 0.119 e. The van der Waals surface area contributed by atoms with Gasteiger partial charge in [-0.05, 0) is 68.5 Å². The van der Waals surface area contributed by atoms with Crippen LogP contribution in [0.1, 0.15) is 50.2 Å². The van der Waals surface area contributed by atoms with Gasteiger partial charge in [-0.15, -0.1) is 0 Å². The third-order valence-corrected chi connectivity index (χ3v) is 5.32. The Bertz CT molecular complexity index is 602. The van der Waals surface area contributed by atoms with Crippen LogP contribution in [0.2, 0.25) is 0 Å². The van der Waals surface area contributed by atoms with E-state index in [9.17, 15) is 0 Å². The first-order chi connectivity index (χ1) is 12.3. The lowest BCUT2D eigenvalue weighted by molar-refractivity contribution is 0.151. The molecule has 2 heteroatoms. The summed E-state index contributed by atoms with van der Waals surface area (Å²) in [5.41, 5.74) is 2.63. The minimum absolute atomic E-state index is 0.632. The summed E-state index contributed by atoms with van der Waals surface area (Å²) in [6.07, 6.45) is 7.86. The van der Waals surface area contributed by atoms with Crippen LogP contribution in [-0.2, 0) is 13.0 Å². The number of nitrogens with zero attached hydrogens (tertiary/aromatic N) is 1. The zero-order valence-electron chi connectivity index (χ0n) is 15.5. The normalized spacial score (nSPS) is 16.5. The first-order valence-electron chi connectivity index (χ1n) is 9.85. The van der Waals surface area contributed by atoms with Crippen molar-refractivity contribution in [3.63, 3.8) is 0 Å². The van der Waals surface area contributed by atoms with Crippen molar-refractivity contribution in [1.82, 2.24) is 4.90 Å². The van der Waals surface area contributed by atoms with E-state index in [1.54, 1.807) is 0 Å². The summed E-state index contributed by atoms with van der Waals surface area (Å²) in [6.45, 7) is 5.56. The summed E-state index contributed by atoms with van der Waals surface area (Å²) < 4.78 is 5.88. The van der Waals surface area contributed by atoms with E-state index >= 15 is 0 Å². The number of ether oxygens (including phenoxy) is 1. The molecule has 0 saturated carbocycles. The predicted molar refractivity (Wildman–Crippen MR) is 105 cm³/mol. The lowest BCUT2D eigenvalue weighted by Gasteiger charge is -2.34. The van der Waals surface area contributed by atoms with E-state index in [1.165, 1.54) is 56.3 Å². The lowest BCUT2D eigenvalue weighted by atomic mass is 9.99. The quantitative estimate of drug-likeness (QED) is 0.634. The summed E-state index contributed by atoms with van der Waals surface area (Å²) in [7, 11) is 0. The molecule has 0 spiro atoms. The summed E-state index contributed by atoms with van der Waals surface area (Å²) in [6, 6.07) is 19.7. The van der Waals surface area contributed by atoms with E-state index < -0.39 is 0 Å². The Morgan fingerprint density at radius 3 is 2.28 bits per heavy atom. The minimum atomic E-state index is 0.632. The average molecular weight is 338 g/mol. The molecule has 1 aliphatic heterocycles. The maximum absolute atomic E-state index is 5.88. The smallest absolute Gasteiger partial charge is 0.119 e. The SMILES string of the molecule is CCC(CCc1ccc(OCc2ccccc2)cc1)N1CCCCC1. The zero-order chi connectivity index (χ0) is 17.3. The number of likely N-dealkylation sites (tertiary alicyclic amines) is 1. The number of rotatable bonds is 8. The van der Waals surface area contributed by atoms with Gasteiger partial charge in [0.2, 0.25) is 0 Å². The molecule has 1 unspecified atom stereocenters. The second-order valence-corrected chi connectivity index (χ2v) is 7.12. The second-order valence-electron chi connectivity index (χ2n) is 7.12. The number of hydrogen-bond acceptors (Lipinski definition) is 2. The third kappa shape index (κ3) is 5.61. The summed E-state index contributed by atoms with van der Waals surface area (Å²) >= 11 is 0. The highest BCUT2D eigenvalue weighted by Gasteiger charge is 2.18. The van der Waals surface area contributed by atoms with Crippen LogP contribution in [0.15, 0.2) is 54.6 Å². The molecule has 2 aromatic carbocycles. The van der Waals surface area contributed by atoms with E-state index in [0.29, 0.717) is 6.61 Å². The van der Waals surface area contributed by atoms with Gasteiger partial charge in [0.15, 0.2) is 0 Å². The Kier molecular flexibility index (Phi) is 6.93. The van der Waals surface area contributed by atoms with Crippen LogP contribution in [0.5, 0.6) is 5.75 Å². The number of hydrogen-bond donors (Lipinski definition) is 0. The van der Waals surface area contributed by atoms with Gasteiger partial charge in [-0.1, -0.05) is 55.8 Å². The highest BCUT2D eigenvalue weighted by molar-refractivity contribution is 5.28. The van der Waals surface area contributed by atoms with Crippen molar-refractivity contribution in [2.24, 2.45) is 0 Å². The van der Waals surface area contributed by atoms with Crippen molar-refractivity contribution in [1.29, 1.82) is 0 Å². The fourth-order valence-corrected chi connectivity index (χ4v) is 3.75. The highest BCUT2D eigenvalue weighted by atomic mass is 16.5. The van der Waals surface area contributed by atoms with Gasteiger partial charge < -0.3 is 9.64 Å². The molecule has 1 saturated heterocycles. The van der Waals surface area contributed by atoms with Gasteiger partial charge in [-0.2, -0.15) is 0 Å². The topological polar surface area (TPSA) is 12.5 Å². The Morgan fingerprint density at radius 2 is 1.60 bits per heavy atom. The molecule has 0 bridgehead atoms. The third-order valence-electron chi connectivity index (χ3n) is 5.32. The molecule has 1 atom stereocenters. The van der Waals surface area contributed by atoms with Gasteiger partial charge in [-0.25, -0.2) is 0 Å². The maximum atomic E-state index is 5.88. The molecule has 1 fully saturated rings. The lowest BCUT2D eigenvalue weighted by Crippen LogP contribution is -2.39. The fourth-order valence-electron chi connectivity index (χ4n) is 3.75. The Morgan fingerprint density at radius 1 is 0.880 bits per heavy atom. The van der Waals surface area contributed by atoms with Gasteiger partial charge in [0.1, 0.15) is 12.4 Å². The minimum Gasteiger partial charge on any atom is -0.489 e. The molecule has 0 N–H and O–H groups in total. The summed E-state index contributed by atoms with van der Waals surface area (Å²) in [5, 5.41) is 0. The second kappa shape index (κ2) is 9.62. The predicted octanol–water partition coefficient (Wildman–Crippen LogP) is 5.46.